The highest BCUT2D eigenvalue weighted by Crippen LogP contribution is 2.25. The van der Waals surface area contributed by atoms with Gasteiger partial charge in [-0.15, -0.1) is 0 Å². The summed E-state index contributed by atoms with van der Waals surface area (Å²) in [6.45, 7) is 6.08. The topological polar surface area (TPSA) is 26.3 Å². The van der Waals surface area contributed by atoms with Gasteiger partial charge in [-0.05, 0) is 30.9 Å². The lowest BCUT2D eigenvalue weighted by molar-refractivity contribution is -0.00261. The predicted octanol–water partition coefficient (Wildman–Crippen LogP) is 3.64. The van der Waals surface area contributed by atoms with Crippen molar-refractivity contribution >= 4 is 5.78 Å². The zero-order valence-corrected chi connectivity index (χ0v) is 11.2. The fraction of sp³-hybridized carbons (Fsp3) is 0.533. The summed E-state index contributed by atoms with van der Waals surface area (Å²) in [7, 11) is 1.62. The Balaban J connectivity index is 3.09. The molecule has 0 aliphatic rings. The molecule has 0 amide bonds. The van der Waals surface area contributed by atoms with E-state index in [-0.39, 0.29) is 5.78 Å². The van der Waals surface area contributed by atoms with Gasteiger partial charge in [0, 0.05) is 12.7 Å². The predicted molar refractivity (Wildman–Crippen MR) is 70.5 cm³/mol. The third-order valence-electron chi connectivity index (χ3n) is 3.54. The van der Waals surface area contributed by atoms with Gasteiger partial charge >= 0.3 is 0 Å². The number of ketones is 1. The fourth-order valence-electron chi connectivity index (χ4n) is 2.15. The third-order valence-corrected chi connectivity index (χ3v) is 3.54. The van der Waals surface area contributed by atoms with Crippen molar-refractivity contribution in [3.63, 3.8) is 0 Å². The van der Waals surface area contributed by atoms with E-state index in [0.29, 0.717) is 12.8 Å². The van der Waals surface area contributed by atoms with Crippen LogP contribution in [0.1, 0.15) is 49.5 Å². The van der Waals surface area contributed by atoms with Gasteiger partial charge in [0.2, 0.25) is 0 Å². The van der Waals surface area contributed by atoms with E-state index in [0.717, 1.165) is 12.0 Å². The Hall–Kier alpha value is -1.15. The van der Waals surface area contributed by atoms with Gasteiger partial charge < -0.3 is 4.74 Å². The number of benzene rings is 1. The minimum Gasteiger partial charge on any atom is -0.370 e. The first kappa shape index (κ1) is 13.9. The number of carbonyl (C=O) groups is 1. The molecule has 0 unspecified atom stereocenters. The molecule has 0 fully saturated rings. The summed E-state index contributed by atoms with van der Waals surface area (Å²) in [6, 6.07) is 7.84. The number of hydrogen-bond donors (Lipinski definition) is 0. The number of rotatable bonds is 6. The van der Waals surface area contributed by atoms with Crippen LogP contribution in [0.5, 0.6) is 0 Å². The van der Waals surface area contributed by atoms with E-state index in [1.807, 2.05) is 38.1 Å². The Kier molecular flexibility index (Phi) is 4.88. The van der Waals surface area contributed by atoms with Gasteiger partial charge in [-0.25, -0.2) is 0 Å². The van der Waals surface area contributed by atoms with Gasteiger partial charge in [0.05, 0.1) is 0 Å². The highest BCUT2D eigenvalue weighted by molar-refractivity contribution is 6.02. The van der Waals surface area contributed by atoms with Crippen molar-refractivity contribution in [3.8, 4) is 0 Å². The van der Waals surface area contributed by atoms with Crippen molar-refractivity contribution in [1.82, 2.24) is 0 Å². The van der Waals surface area contributed by atoms with Crippen LogP contribution in [-0.2, 0) is 11.2 Å². The first-order chi connectivity index (χ1) is 8.13. The molecule has 0 heterocycles. The second-order valence-corrected chi connectivity index (χ2v) is 4.29. The summed E-state index contributed by atoms with van der Waals surface area (Å²) < 4.78 is 5.48. The lowest BCUT2D eigenvalue weighted by atomic mass is 9.87. The molecule has 1 aromatic rings. The normalized spacial score (nSPS) is 11.5. The molecule has 0 saturated heterocycles. The van der Waals surface area contributed by atoms with Crippen LogP contribution in [0.15, 0.2) is 24.3 Å². The lowest BCUT2D eigenvalue weighted by Crippen LogP contribution is -2.39. The molecule has 2 nitrogen and oxygen atoms in total. The van der Waals surface area contributed by atoms with Gasteiger partial charge in [0.1, 0.15) is 5.60 Å². The van der Waals surface area contributed by atoms with Gasteiger partial charge in [-0.3, -0.25) is 4.79 Å². The van der Waals surface area contributed by atoms with E-state index in [1.54, 1.807) is 7.11 Å². The maximum Gasteiger partial charge on any atom is 0.194 e. The molecular formula is C15H22O2. The van der Waals surface area contributed by atoms with E-state index in [1.165, 1.54) is 5.56 Å². The molecule has 0 bridgehead atoms. The molecule has 1 rings (SSSR count). The molecule has 0 radical (unpaired) electrons. The summed E-state index contributed by atoms with van der Waals surface area (Å²) in [5.41, 5.74) is 1.29. The molecule has 94 valence electrons. The van der Waals surface area contributed by atoms with Crippen molar-refractivity contribution in [2.75, 3.05) is 7.11 Å². The molecule has 0 aliphatic carbocycles. The molecule has 0 N–H and O–H groups in total. The fourth-order valence-corrected chi connectivity index (χ4v) is 2.15. The lowest BCUT2D eigenvalue weighted by Gasteiger charge is -2.28. The largest absolute Gasteiger partial charge is 0.370 e. The first-order valence-electron chi connectivity index (χ1n) is 6.32. The van der Waals surface area contributed by atoms with Crippen molar-refractivity contribution in [2.24, 2.45) is 0 Å². The quantitative estimate of drug-likeness (QED) is 0.702. The number of ether oxygens (including phenoxy) is 1. The molecule has 1 aromatic carbocycles. The Morgan fingerprint density at radius 2 is 1.88 bits per heavy atom. The Morgan fingerprint density at radius 1 is 1.24 bits per heavy atom. The Morgan fingerprint density at radius 3 is 2.35 bits per heavy atom. The zero-order chi connectivity index (χ0) is 12.9. The molecule has 0 aliphatic heterocycles. The monoisotopic (exact) mass is 234 g/mol. The van der Waals surface area contributed by atoms with Crippen LogP contribution in [0.2, 0.25) is 0 Å². The molecule has 2 heteroatoms. The minimum atomic E-state index is -0.660. The molecule has 17 heavy (non-hydrogen) atoms. The van der Waals surface area contributed by atoms with Crippen LogP contribution in [-0.4, -0.2) is 18.5 Å². The van der Waals surface area contributed by atoms with Crippen LogP contribution < -0.4 is 0 Å². The minimum absolute atomic E-state index is 0.0975. The maximum atomic E-state index is 12.5. The van der Waals surface area contributed by atoms with Gasteiger partial charge in [0.25, 0.3) is 0 Å². The number of Topliss-reactive ketones (excluding diaryl/α,β-unsaturated/α-hetero) is 1. The van der Waals surface area contributed by atoms with E-state index >= 15 is 0 Å². The summed E-state index contributed by atoms with van der Waals surface area (Å²) in [6.07, 6.45) is 2.35. The first-order valence-corrected chi connectivity index (χ1v) is 6.32. The highest BCUT2D eigenvalue weighted by Gasteiger charge is 2.35. The van der Waals surface area contributed by atoms with Crippen LogP contribution in [0.3, 0.4) is 0 Å². The van der Waals surface area contributed by atoms with E-state index < -0.39 is 5.60 Å². The number of hydrogen-bond acceptors (Lipinski definition) is 2. The van der Waals surface area contributed by atoms with Crippen molar-refractivity contribution in [1.29, 1.82) is 0 Å². The Bertz CT molecular complexity index is 370. The smallest absolute Gasteiger partial charge is 0.194 e. The summed E-state index contributed by atoms with van der Waals surface area (Å²) in [5.74, 6) is 0.0975. The zero-order valence-electron chi connectivity index (χ0n) is 11.2. The second-order valence-electron chi connectivity index (χ2n) is 4.29. The summed E-state index contributed by atoms with van der Waals surface area (Å²) >= 11 is 0. The standard InChI is InChI=1S/C15H22O2/c1-5-12-9-8-10-13(11-12)14(16)15(6-2,7-3)17-4/h8-11H,5-7H2,1-4H3. The van der Waals surface area contributed by atoms with Crippen molar-refractivity contribution < 1.29 is 9.53 Å². The SMILES string of the molecule is CCc1cccc(C(=O)C(CC)(CC)OC)c1. The second kappa shape index (κ2) is 5.97. The van der Waals surface area contributed by atoms with E-state index in [4.69, 9.17) is 4.74 Å². The number of aryl methyl sites for hydroxylation is 1. The maximum absolute atomic E-state index is 12.5. The van der Waals surface area contributed by atoms with Crippen LogP contribution in [0.4, 0.5) is 0 Å². The van der Waals surface area contributed by atoms with Crippen molar-refractivity contribution in [2.45, 2.75) is 45.6 Å². The van der Waals surface area contributed by atoms with Crippen LogP contribution >= 0.6 is 0 Å². The van der Waals surface area contributed by atoms with Crippen LogP contribution in [0, 0.1) is 0 Å². The average Bonchev–Trinajstić information content (AvgIpc) is 2.41. The summed E-state index contributed by atoms with van der Waals surface area (Å²) in [5, 5.41) is 0. The van der Waals surface area contributed by atoms with Gasteiger partial charge in [-0.2, -0.15) is 0 Å². The third kappa shape index (κ3) is 2.75. The molecule has 0 atom stereocenters. The highest BCUT2D eigenvalue weighted by atomic mass is 16.5. The molecule has 0 spiro atoms. The molecular weight excluding hydrogens is 212 g/mol. The number of methoxy groups -OCH3 is 1. The van der Waals surface area contributed by atoms with Crippen molar-refractivity contribution in [3.05, 3.63) is 35.4 Å². The van der Waals surface area contributed by atoms with Gasteiger partial charge in [0.15, 0.2) is 5.78 Å². The molecule has 0 saturated carbocycles. The number of carbonyl (C=O) groups excluding carboxylic acids is 1. The molecule has 0 aromatic heterocycles. The van der Waals surface area contributed by atoms with E-state index in [9.17, 15) is 4.79 Å². The van der Waals surface area contributed by atoms with Gasteiger partial charge in [-0.1, -0.05) is 39.0 Å². The van der Waals surface area contributed by atoms with Crippen LogP contribution in [0.25, 0.3) is 0 Å². The average molecular weight is 234 g/mol. The summed E-state index contributed by atoms with van der Waals surface area (Å²) in [4.78, 5) is 12.5. The Labute approximate surface area is 104 Å². The van der Waals surface area contributed by atoms with E-state index in [2.05, 4.69) is 6.92 Å².